The Balaban J connectivity index is 2.53. The zero-order chi connectivity index (χ0) is 8.55. The number of halogens is 1. The highest BCUT2D eigenvalue weighted by Crippen LogP contribution is 2.10. The van der Waals surface area contributed by atoms with Gasteiger partial charge in [-0.3, -0.25) is 4.79 Å². The first-order valence-corrected chi connectivity index (χ1v) is 4.65. The quantitative estimate of drug-likeness (QED) is 0.549. The summed E-state index contributed by atoms with van der Waals surface area (Å²) in [4.78, 5) is 19.3. The van der Waals surface area contributed by atoms with Gasteiger partial charge in [0, 0.05) is 41.8 Å². The van der Waals surface area contributed by atoms with Gasteiger partial charge >= 0.3 is 0 Å². The predicted octanol–water partition coefficient (Wildman–Crippen LogP) is 0.367. The lowest BCUT2D eigenvalue weighted by Crippen LogP contribution is -2.32. The molecule has 0 aliphatic carbocycles. The molecule has 0 saturated carbocycles. The maximum Gasteiger partial charge on any atom is 0.254 e. The third-order valence-electron chi connectivity index (χ3n) is 1.73. The zero-order valence-electron chi connectivity index (χ0n) is 6.17. The summed E-state index contributed by atoms with van der Waals surface area (Å²) in [5.74, 6) is -0.0624. The molecule has 0 atom stereocenters. The van der Waals surface area contributed by atoms with Crippen LogP contribution in [0.25, 0.3) is 0 Å². The van der Waals surface area contributed by atoms with Crippen molar-refractivity contribution in [3.63, 3.8) is 0 Å². The average Bonchev–Trinajstić information content (AvgIpc) is 2.04. The number of fused-ring (bicyclic) bond motifs is 1. The van der Waals surface area contributed by atoms with Crippen LogP contribution in [0.3, 0.4) is 0 Å². The molecule has 0 spiro atoms. The van der Waals surface area contributed by atoms with Crippen LogP contribution in [0.15, 0.2) is 6.20 Å². The highest BCUT2D eigenvalue weighted by Gasteiger charge is 2.17. The smallest absolute Gasteiger partial charge is 0.254 e. The fraction of sp³-hybridized carbons (Fsp3) is 0.286. The standard InChI is InChI=1S/C7H6IN3O/c8-7-10-3-4-5(11-7)1-2-9-6(4)12/h3H,1-2H2,(H,9,12). The molecule has 1 aromatic rings. The minimum atomic E-state index is -0.0624. The topological polar surface area (TPSA) is 54.9 Å². The van der Waals surface area contributed by atoms with E-state index in [9.17, 15) is 4.79 Å². The second-order valence-corrected chi connectivity index (χ2v) is 3.47. The maximum absolute atomic E-state index is 11.2. The monoisotopic (exact) mass is 275 g/mol. The summed E-state index contributed by atoms with van der Waals surface area (Å²) in [6.45, 7) is 0.679. The van der Waals surface area contributed by atoms with Crippen molar-refractivity contribution in [2.45, 2.75) is 6.42 Å². The summed E-state index contributed by atoms with van der Waals surface area (Å²) in [7, 11) is 0. The zero-order valence-corrected chi connectivity index (χ0v) is 8.33. The lowest BCUT2D eigenvalue weighted by molar-refractivity contribution is 0.0944. The second-order valence-electron chi connectivity index (χ2n) is 2.51. The Kier molecular flexibility index (Phi) is 1.95. The van der Waals surface area contributed by atoms with E-state index >= 15 is 0 Å². The Morgan fingerprint density at radius 2 is 2.42 bits per heavy atom. The number of amides is 1. The molecule has 0 bridgehead atoms. The molecule has 0 unspecified atom stereocenters. The number of rotatable bonds is 0. The summed E-state index contributed by atoms with van der Waals surface area (Å²) in [5.41, 5.74) is 1.47. The number of hydrogen-bond acceptors (Lipinski definition) is 3. The predicted molar refractivity (Wildman–Crippen MR) is 50.8 cm³/mol. The van der Waals surface area contributed by atoms with Crippen molar-refractivity contribution in [2.75, 3.05) is 6.54 Å². The molecule has 0 fully saturated rings. The molecule has 0 aromatic carbocycles. The van der Waals surface area contributed by atoms with E-state index in [-0.39, 0.29) is 5.91 Å². The molecule has 0 saturated heterocycles. The van der Waals surface area contributed by atoms with E-state index in [1.54, 1.807) is 6.20 Å². The molecule has 62 valence electrons. The lowest BCUT2D eigenvalue weighted by Gasteiger charge is -2.14. The van der Waals surface area contributed by atoms with Gasteiger partial charge in [0.05, 0.1) is 11.3 Å². The summed E-state index contributed by atoms with van der Waals surface area (Å²) in [5, 5.41) is 2.74. The van der Waals surface area contributed by atoms with Crippen LogP contribution in [0.1, 0.15) is 16.1 Å². The molecule has 2 rings (SSSR count). The first kappa shape index (κ1) is 7.90. The van der Waals surface area contributed by atoms with Crippen LogP contribution in [-0.4, -0.2) is 22.4 Å². The third-order valence-corrected chi connectivity index (χ3v) is 2.25. The number of hydrogen-bond donors (Lipinski definition) is 1. The van der Waals surface area contributed by atoms with Crippen LogP contribution in [0.4, 0.5) is 0 Å². The lowest BCUT2D eigenvalue weighted by atomic mass is 10.1. The van der Waals surface area contributed by atoms with Gasteiger partial charge < -0.3 is 5.32 Å². The van der Waals surface area contributed by atoms with Gasteiger partial charge in [0.25, 0.3) is 5.91 Å². The number of aromatic nitrogens is 2. The van der Waals surface area contributed by atoms with E-state index in [2.05, 4.69) is 15.3 Å². The molecule has 1 aliphatic rings. The van der Waals surface area contributed by atoms with Crippen molar-refractivity contribution in [1.29, 1.82) is 0 Å². The van der Waals surface area contributed by atoms with Gasteiger partial charge in [0.15, 0.2) is 3.83 Å². The summed E-state index contributed by atoms with van der Waals surface area (Å²) in [6.07, 6.45) is 2.39. The van der Waals surface area contributed by atoms with Crippen molar-refractivity contribution in [3.8, 4) is 0 Å². The van der Waals surface area contributed by atoms with Crippen molar-refractivity contribution in [2.24, 2.45) is 0 Å². The van der Waals surface area contributed by atoms with Gasteiger partial charge in [-0.15, -0.1) is 0 Å². The molecule has 12 heavy (non-hydrogen) atoms. The van der Waals surface area contributed by atoms with Crippen molar-refractivity contribution >= 4 is 28.5 Å². The molecule has 5 heteroatoms. The Bertz CT molecular complexity index is 339. The Morgan fingerprint density at radius 1 is 1.58 bits per heavy atom. The fourth-order valence-corrected chi connectivity index (χ4v) is 1.59. The van der Waals surface area contributed by atoms with Crippen molar-refractivity contribution in [1.82, 2.24) is 15.3 Å². The van der Waals surface area contributed by atoms with E-state index in [0.717, 1.165) is 12.1 Å². The highest BCUT2D eigenvalue weighted by atomic mass is 127. The molecular weight excluding hydrogens is 269 g/mol. The molecule has 0 radical (unpaired) electrons. The Morgan fingerprint density at radius 3 is 3.25 bits per heavy atom. The third kappa shape index (κ3) is 1.28. The van der Waals surface area contributed by atoms with Gasteiger partial charge in [-0.1, -0.05) is 0 Å². The SMILES string of the molecule is O=C1NCCc2nc(I)ncc21. The van der Waals surface area contributed by atoms with Crippen LogP contribution in [-0.2, 0) is 6.42 Å². The van der Waals surface area contributed by atoms with E-state index < -0.39 is 0 Å². The van der Waals surface area contributed by atoms with Gasteiger partial charge in [0.1, 0.15) is 0 Å². The van der Waals surface area contributed by atoms with Crippen LogP contribution in [0.5, 0.6) is 0 Å². The van der Waals surface area contributed by atoms with E-state index in [1.807, 2.05) is 22.6 Å². The van der Waals surface area contributed by atoms with Gasteiger partial charge in [0.2, 0.25) is 0 Å². The number of carbonyl (C=O) groups excluding carboxylic acids is 1. The van der Waals surface area contributed by atoms with Crippen LogP contribution >= 0.6 is 22.6 Å². The normalized spacial score (nSPS) is 15.2. The van der Waals surface area contributed by atoms with Crippen LogP contribution < -0.4 is 5.32 Å². The Hall–Kier alpha value is -0.720. The fourth-order valence-electron chi connectivity index (χ4n) is 1.16. The average molecular weight is 275 g/mol. The largest absolute Gasteiger partial charge is 0.352 e. The number of nitrogens with one attached hydrogen (secondary N) is 1. The van der Waals surface area contributed by atoms with Gasteiger partial charge in [-0.05, 0) is 0 Å². The van der Waals surface area contributed by atoms with Gasteiger partial charge in [-0.25, -0.2) is 9.97 Å². The number of nitrogens with zero attached hydrogens (tertiary/aromatic N) is 2. The molecule has 1 aliphatic heterocycles. The van der Waals surface area contributed by atoms with E-state index in [1.165, 1.54) is 0 Å². The summed E-state index contributed by atoms with van der Waals surface area (Å²) in [6, 6.07) is 0. The number of carbonyl (C=O) groups is 1. The van der Waals surface area contributed by atoms with E-state index in [0.29, 0.717) is 15.9 Å². The molecule has 1 aromatic heterocycles. The summed E-state index contributed by atoms with van der Waals surface area (Å²) < 4.78 is 0.695. The van der Waals surface area contributed by atoms with Crippen molar-refractivity contribution in [3.05, 3.63) is 21.3 Å². The maximum atomic E-state index is 11.2. The molecule has 1 amide bonds. The first-order valence-electron chi connectivity index (χ1n) is 3.57. The molecule has 2 heterocycles. The summed E-state index contributed by atoms with van der Waals surface area (Å²) >= 11 is 2.04. The second kappa shape index (κ2) is 2.96. The van der Waals surface area contributed by atoms with Crippen molar-refractivity contribution < 1.29 is 4.79 Å². The highest BCUT2D eigenvalue weighted by molar-refractivity contribution is 14.1. The van der Waals surface area contributed by atoms with Gasteiger partial charge in [-0.2, -0.15) is 0 Å². The minimum absolute atomic E-state index is 0.0624. The van der Waals surface area contributed by atoms with Crippen LogP contribution in [0.2, 0.25) is 0 Å². The minimum Gasteiger partial charge on any atom is -0.352 e. The first-order chi connectivity index (χ1) is 5.77. The van der Waals surface area contributed by atoms with Crippen LogP contribution in [0, 0.1) is 3.83 Å². The molecule has 4 nitrogen and oxygen atoms in total. The van der Waals surface area contributed by atoms with E-state index in [4.69, 9.17) is 0 Å². The molecular formula is C7H6IN3O. The Labute approximate surface area is 82.9 Å². The molecule has 1 N–H and O–H groups in total.